The molecule has 0 amide bonds. The van der Waals surface area contributed by atoms with Crippen LogP contribution in [-0.2, 0) is 9.31 Å². The van der Waals surface area contributed by atoms with Crippen LogP contribution in [0.15, 0.2) is 23.0 Å². The van der Waals surface area contributed by atoms with Crippen LogP contribution in [0.1, 0.15) is 27.7 Å². The lowest BCUT2D eigenvalue weighted by Crippen LogP contribution is -2.41. The van der Waals surface area contributed by atoms with Gasteiger partial charge in [-0.15, -0.1) is 5.10 Å². The largest absolute Gasteiger partial charge is 0.494 e. The Morgan fingerprint density at radius 3 is 2.45 bits per heavy atom. The number of nitrogens with zero attached hydrogens (tertiary/aromatic N) is 2. The molecule has 104 valence electrons. The summed E-state index contributed by atoms with van der Waals surface area (Å²) in [4.78, 5) is 11.8. The monoisotopic (exact) mass is 273 g/mol. The van der Waals surface area contributed by atoms with Gasteiger partial charge in [0.2, 0.25) is 0 Å². The molecule has 7 heteroatoms. The van der Waals surface area contributed by atoms with Crippen molar-refractivity contribution in [2.24, 2.45) is 0 Å². The molecule has 6 nitrogen and oxygen atoms in total. The highest BCUT2D eigenvalue weighted by molar-refractivity contribution is 6.62. The molecule has 3 rings (SSSR count). The first-order valence-corrected chi connectivity index (χ1v) is 6.51. The van der Waals surface area contributed by atoms with E-state index in [2.05, 4.69) is 15.4 Å². The minimum absolute atomic E-state index is 0.270. The fourth-order valence-corrected chi connectivity index (χ4v) is 2.13. The molecule has 1 saturated heterocycles. The highest BCUT2D eigenvalue weighted by Gasteiger charge is 2.51. The van der Waals surface area contributed by atoms with Crippen molar-refractivity contribution in [3.05, 3.63) is 28.6 Å². The van der Waals surface area contributed by atoms with E-state index in [0.717, 1.165) is 5.46 Å². The highest BCUT2D eigenvalue weighted by Crippen LogP contribution is 2.36. The number of hydrogen-bond donors (Lipinski definition) is 1. The van der Waals surface area contributed by atoms with E-state index in [0.29, 0.717) is 10.9 Å². The van der Waals surface area contributed by atoms with Gasteiger partial charge in [0.05, 0.1) is 16.6 Å². The summed E-state index contributed by atoms with van der Waals surface area (Å²) in [5.41, 5.74) is 0.266. The maximum atomic E-state index is 11.8. The Balaban J connectivity index is 2.04. The van der Waals surface area contributed by atoms with Crippen molar-refractivity contribution in [2.45, 2.75) is 38.9 Å². The van der Waals surface area contributed by atoms with Crippen molar-refractivity contribution in [1.29, 1.82) is 0 Å². The Hall–Kier alpha value is -1.73. The summed E-state index contributed by atoms with van der Waals surface area (Å²) < 4.78 is 11.9. The molecule has 2 aromatic rings. The van der Waals surface area contributed by atoms with Crippen molar-refractivity contribution in [1.82, 2.24) is 15.4 Å². The van der Waals surface area contributed by atoms with E-state index in [9.17, 15) is 4.79 Å². The summed E-state index contributed by atoms with van der Waals surface area (Å²) in [6, 6.07) is 5.33. The predicted octanol–water partition coefficient (Wildman–Crippen LogP) is 0.617. The van der Waals surface area contributed by atoms with E-state index in [4.69, 9.17) is 9.31 Å². The van der Waals surface area contributed by atoms with Crippen molar-refractivity contribution in [3.8, 4) is 0 Å². The quantitative estimate of drug-likeness (QED) is 0.770. The van der Waals surface area contributed by atoms with Gasteiger partial charge >= 0.3 is 7.12 Å². The van der Waals surface area contributed by atoms with Crippen LogP contribution in [-0.4, -0.2) is 33.7 Å². The lowest BCUT2D eigenvalue weighted by Gasteiger charge is -2.32. The van der Waals surface area contributed by atoms with Crippen LogP contribution in [0.2, 0.25) is 0 Å². The Kier molecular flexibility index (Phi) is 2.74. The standard InChI is InChI=1S/C13H16BN3O3/c1-12(2)13(3,4)20-14(19-12)8-5-6-10-9(7-8)11(18)16-17-15-10/h5-7H,1-4H3,(H,15,16,18). The van der Waals surface area contributed by atoms with Gasteiger partial charge in [0, 0.05) is 0 Å². The Morgan fingerprint density at radius 2 is 1.80 bits per heavy atom. The van der Waals surface area contributed by atoms with Crippen LogP contribution in [0.5, 0.6) is 0 Å². The Labute approximate surface area is 116 Å². The van der Waals surface area contributed by atoms with E-state index < -0.39 is 18.3 Å². The summed E-state index contributed by atoms with van der Waals surface area (Å²) in [5, 5.41) is 10.2. The fraction of sp³-hybridized carbons (Fsp3) is 0.462. The summed E-state index contributed by atoms with van der Waals surface area (Å²) >= 11 is 0. The molecule has 1 N–H and O–H groups in total. The molecule has 1 aromatic carbocycles. The molecular weight excluding hydrogens is 257 g/mol. The number of nitrogens with one attached hydrogen (secondary N) is 1. The summed E-state index contributed by atoms with van der Waals surface area (Å²) in [6.07, 6.45) is 0. The third kappa shape index (κ3) is 1.94. The van der Waals surface area contributed by atoms with Gasteiger partial charge in [0.25, 0.3) is 5.56 Å². The minimum atomic E-state index is -0.489. The van der Waals surface area contributed by atoms with E-state index >= 15 is 0 Å². The fourth-order valence-electron chi connectivity index (χ4n) is 2.13. The van der Waals surface area contributed by atoms with Gasteiger partial charge in [-0.25, -0.2) is 5.10 Å². The average Bonchev–Trinajstić information content (AvgIpc) is 2.59. The minimum Gasteiger partial charge on any atom is -0.399 e. The molecule has 1 aliphatic heterocycles. The number of H-pyrrole nitrogens is 1. The van der Waals surface area contributed by atoms with Crippen molar-refractivity contribution < 1.29 is 9.31 Å². The van der Waals surface area contributed by atoms with Crippen LogP contribution in [0.4, 0.5) is 0 Å². The van der Waals surface area contributed by atoms with Gasteiger partial charge in [0.1, 0.15) is 5.52 Å². The summed E-state index contributed by atoms with van der Waals surface area (Å²) in [7, 11) is -0.489. The predicted molar refractivity (Wildman–Crippen MR) is 75.9 cm³/mol. The van der Waals surface area contributed by atoms with E-state index in [1.54, 1.807) is 12.1 Å². The van der Waals surface area contributed by atoms with Crippen LogP contribution in [0.25, 0.3) is 10.9 Å². The third-order valence-corrected chi connectivity index (χ3v) is 4.10. The van der Waals surface area contributed by atoms with Crippen LogP contribution in [0, 0.1) is 0 Å². The first kappa shape index (κ1) is 13.3. The van der Waals surface area contributed by atoms with Crippen molar-refractivity contribution in [3.63, 3.8) is 0 Å². The van der Waals surface area contributed by atoms with Gasteiger partial charge in [-0.2, -0.15) is 0 Å². The average molecular weight is 273 g/mol. The maximum absolute atomic E-state index is 11.8. The molecule has 20 heavy (non-hydrogen) atoms. The number of hydrogen-bond acceptors (Lipinski definition) is 5. The molecule has 0 radical (unpaired) electrons. The first-order valence-electron chi connectivity index (χ1n) is 6.51. The zero-order valence-corrected chi connectivity index (χ0v) is 11.9. The molecule has 0 spiro atoms. The summed E-state index contributed by atoms with van der Waals surface area (Å²) in [6.45, 7) is 7.97. The molecule has 1 fully saturated rings. The second kappa shape index (κ2) is 4.13. The molecule has 0 unspecified atom stereocenters. The first-order chi connectivity index (χ1) is 9.30. The SMILES string of the molecule is CC1(C)OB(c2ccc3nn[nH]c(=O)c3c2)OC1(C)C. The number of fused-ring (bicyclic) bond motifs is 1. The van der Waals surface area contributed by atoms with Crippen LogP contribution in [0.3, 0.4) is 0 Å². The highest BCUT2D eigenvalue weighted by atomic mass is 16.7. The van der Waals surface area contributed by atoms with Gasteiger partial charge in [0.15, 0.2) is 0 Å². The Morgan fingerprint density at radius 1 is 1.15 bits per heavy atom. The van der Waals surface area contributed by atoms with Crippen molar-refractivity contribution in [2.75, 3.05) is 0 Å². The Bertz CT molecular complexity index is 710. The van der Waals surface area contributed by atoms with Crippen molar-refractivity contribution >= 4 is 23.5 Å². The number of aromatic amines is 1. The molecular formula is C13H16BN3O3. The lowest BCUT2D eigenvalue weighted by atomic mass is 9.78. The van der Waals surface area contributed by atoms with Crippen LogP contribution < -0.4 is 11.0 Å². The molecule has 0 aliphatic carbocycles. The van der Waals surface area contributed by atoms with Gasteiger partial charge in [-0.05, 0) is 45.3 Å². The molecule has 1 aromatic heterocycles. The zero-order chi connectivity index (χ0) is 14.5. The normalized spacial score (nSPS) is 20.5. The maximum Gasteiger partial charge on any atom is 0.494 e. The lowest BCUT2D eigenvalue weighted by molar-refractivity contribution is 0.00578. The molecule has 0 bridgehead atoms. The molecule has 2 heterocycles. The number of benzene rings is 1. The van der Waals surface area contributed by atoms with Gasteiger partial charge < -0.3 is 9.31 Å². The number of rotatable bonds is 1. The van der Waals surface area contributed by atoms with E-state index in [1.807, 2.05) is 33.8 Å². The van der Waals surface area contributed by atoms with E-state index in [-0.39, 0.29) is 5.56 Å². The second-order valence-corrected chi connectivity index (χ2v) is 6.01. The number of aromatic nitrogens is 3. The second-order valence-electron chi connectivity index (χ2n) is 6.01. The van der Waals surface area contributed by atoms with E-state index in [1.165, 1.54) is 0 Å². The van der Waals surface area contributed by atoms with Gasteiger partial charge in [-0.1, -0.05) is 11.3 Å². The topological polar surface area (TPSA) is 77.1 Å². The molecule has 1 aliphatic rings. The van der Waals surface area contributed by atoms with Crippen LogP contribution >= 0.6 is 0 Å². The smallest absolute Gasteiger partial charge is 0.399 e. The van der Waals surface area contributed by atoms with Gasteiger partial charge in [-0.3, -0.25) is 4.79 Å². The molecule has 0 saturated carbocycles. The molecule has 0 atom stereocenters. The summed E-state index contributed by atoms with van der Waals surface area (Å²) in [5.74, 6) is 0. The zero-order valence-electron chi connectivity index (χ0n) is 11.9. The third-order valence-electron chi connectivity index (χ3n) is 4.10.